The maximum atomic E-state index is 9.28. The highest BCUT2D eigenvalue weighted by Gasteiger charge is 2.04. The van der Waals surface area contributed by atoms with Crippen LogP contribution in [0.5, 0.6) is 5.75 Å². The van der Waals surface area contributed by atoms with Gasteiger partial charge in [0.1, 0.15) is 5.75 Å². The Morgan fingerprint density at radius 2 is 2.17 bits per heavy atom. The summed E-state index contributed by atoms with van der Waals surface area (Å²) in [5.41, 5.74) is 0.882. The van der Waals surface area contributed by atoms with E-state index in [1.54, 1.807) is 14.0 Å². The van der Waals surface area contributed by atoms with Crippen molar-refractivity contribution in [1.29, 1.82) is 0 Å². The van der Waals surface area contributed by atoms with E-state index >= 15 is 0 Å². The Balaban J connectivity index is 3.05. The smallest absolute Gasteiger partial charge is 0.132 e. The zero-order valence-electron chi connectivity index (χ0n) is 7.04. The molecule has 0 aromatic heterocycles. The zero-order valence-corrected chi connectivity index (χ0v) is 9.20. The Labute approximate surface area is 85.7 Å². The fourth-order valence-corrected chi connectivity index (χ4v) is 1.49. The van der Waals surface area contributed by atoms with Crippen LogP contribution in [0.25, 0.3) is 0 Å². The number of methoxy groups -OCH3 is 1. The normalized spacial score (nSPS) is 12.7. The molecule has 1 aromatic carbocycles. The van der Waals surface area contributed by atoms with Gasteiger partial charge in [0, 0.05) is 0 Å². The van der Waals surface area contributed by atoms with Gasteiger partial charge in [-0.1, -0.05) is 6.07 Å². The van der Waals surface area contributed by atoms with Crippen LogP contribution in [0.1, 0.15) is 18.6 Å². The molecular formula is C9H11IO2. The van der Waals surface area contributed by atoms with Crippen LogP contribution < -0.4 is 4.74 Å². The second-order valence-corrected chi connectivity index (χ2v) is 3.73. The molecule has 0 heterocycles. The lowest BCUT2D eigenvalue weighted by Crippen LogP contribution is -1.93. The molecule has 0 bridgehead atoms. The van der Waals surface area contributed by atoms with E-state index in [0.717, 1.165) is 14.9 Å². The first kappa shape index (κ1) is 9.80. The summed E-state index contributed by atoms with van der Waals surface area (Å²) in [4.78, 5) is 0. The molecule has 1 atom stereocenters. The third kappa shape index (κ3) is 2.10. The minimum atomic E-state index is -0.434. The van der Waals surface area contributed by atoms with Gasteiger partial charge in [0.2, 0.25) is 0 Å². The number of halogens is 1. The van der Waals surface area contributed by atoms with E-state index in [1.807, 2.05) is 18.2 Å². The molecule has 0 saturated heterocycles. The average Bonchev–Trinajstić information content (AvgIpc) is 2.05. The van der Waals surface area contributed by atoms with Crippen molar-refractivity contribution in [1.82, 2.24) is 0 Å². The first-order valence-corrected chi connectivity index (χ1v) is 4.74. The first-order chi connectivity index (χ1) is 5.65. The molecule has 0 saturated carbocycles. The van der Waals surface area contributed by atoms with Crippen LogP contribution >= 0.6 is 22.6 Å². The Kier molecular flexibility index (Phi) is 3.34. The third-order valence-corrected chi connectivity index (χ3v) is 2.55. The monoisotopic (exact) mass is 278 g/mol. The molecule has 66 valence electrons. The highest BCUT2D eigenvalue weighted by atomic mass is 127. The Morgan fingerprint density at radius 3 is 2.67 bits per heavy atom. The maximum Gasteiger partial charge on any atom is 0.132 e. The van der Waals surface area contributed by atoms with Crippen LogP contribution in [0.3, 0.4) is 0 Å². The SMILES string of the molecule is COc1cc(C(C)O)ccc1I. The number of hydrogen-bond acceptors (Lipinski definition) is 2. The number of hydrogen-bond donors (Lipinski definition) is 1. The highest BCUT2D eigenvalue weighted by Crippen LogP contribution is 2.24. The maximum absolute atomic E-state index is 9.28. The summed E-state index contributed by atoms with van der Waals surface area (Å²) >= 11 is 2.19. The van der Waals surface area contributed by atoms with E-state index in [4.69, 9.17) is 4.74 Å². The Morgan fingerprint density at radius 1 is 1.50 bits per heavy atom. The van der Waals surface area contributed by atoms with Gasteiger partial charge >= 0.3 is 0 Å². The molecule has 0 aliphatic rings. The van der Waals surface area contributed by atoms with E-state index in [-0.39, 0.29) is 0 Å². The van der Waals surface area contributed by atoms with Gasteiger partial charge < -0.3 is 9.84 Å². The molecule has 1 N–H and O–H groups in total. The summed E-state index contributed by atoms with van der Waals surface area (Å²) in [7, 11) is 1.63. The van der Waals surface area contributed by atoms with Crippen LogP contribution in [0, 0.1) is 3.57 Å². The minimum Gasteiger partial charge on any atom is -0.496 e. The first-order valence-electron chi connectivity index (χ1n) is 3.66. The van der Waals surface area contributed by atoms with E-state index in [9.17, 15) is 5.11 Å². The predicted octanol–water partition coefficient (Wildman–Crippen LogP) is 2.35. The molecule has 0 amide bonds. The summed E-state index contributed by atoms with van der Waals surface area (Å²) in [6, 6.07) is 5.68. The predicted molar refractivity (Wildman–Crippen MR) is 56.3 cm³/mol. The molecule has 1 aromatic rings. The largest absolute Gasteiger partial charge is 0.496 e. The van der Waals surface area contributed by atoms with Crippen LogP contribution in [-0.2, 0) is 0 Å². The molecule has 0 radical (unpaired) electrons. The van der Waals surface area contributed by atoms with E-state index < -0.39 is 6.10 Å². The van der Waals surface area contributed by atoms with E-state index in [0.29, 0.717) is 0 Å². The number of aliphatic hydroxyl groups excluding tert-OH is 1. The topological polar surface area (TPSA) is 29.5 Å². The van der Waals surface area contributed by atoms with Crippen LogP contribution in [0.4, 0.5) is 0 Å². The quantitative estimate of drug-likeness (QED) is 0.841. The van der Waals surface area contributed by atoms with Gasteiger partial charge in [-0.15, -0.1) is 0 Å². The molecule has 3 heteroatoms. The van der Waals surface area contributed by atoms with Crippen molar-refractivity contribution >= 4 is 22.6 Å². The van der Waals surface area contributed by atoms with Gasteiger partial charge in [0.05, 0.1) is 16.8 Å². The van der Waals surface area contributed by atoms with Crippen LogP contribution in [0.15, 0.2) is 18.2 Å². The van der Waals surface area contributed by atoms with Gasteiger partial charge in [0.15, 0.2) is 0 Å². The van der Waals surface area contributed by atoms with Gasteiger partial charge in [-0.05, 0) is 47.2 Å². The van der Waals surface area contributed by atoms with E-state index in [1.165, 1.54) is 0 Å². The molecule has 0 fully saturated rings. The van der Waals surface area contributed by atoms with Gasteiger partial charge in [0.25, 0.3) is 0 Å². The molecule has 0 aliphatic heterocycles. The lowest BCUT2D eigenvalue weighted by atomic mass is 10.1. The molecule has 0 aliphatic carbocycles. The number of ether oxygens (including phenoxy) is 1. The average molecular weight is 278 g/mol. The molecule has 12 heavy (non-hydrogen) atoms. The highest BCUT2D eigenvalue weighted by molar-refractivity contribution is 14.1. The fraction of sp³-hybridized carbons (Fsp3) is 0.333. The lowest BCUT2D eigenvalue weighted by Gasteiger charge is -2.08. The molecular weight excluding hydrogens is 267 g/mol. The van der Waals surface area contributed by atoms with Crippen molar-refractivity contribution in [3.63, 3.8) is 0 Å². The second-order valence-electron chi connectivity index (χ2n) is 2.57. The van der Waals surface area contributed by atoms with Gasteiger partial charge in [-0.3, -0.25) is 0 Å². The van der Waals surface area contributed by atoms with Crippen molar-refractivity contribution in [2.45, 2.75) is 13.0 Å². The minimum absolute atomic E-state index is 0.434. The Bertz CT molecular complexity index is 271. The summed E-state index contributed by atoms with van der Waals surface area (Å²) in [5.74, 6) is 0.814. The molecule has 1 unspecified atom stereocenters. The summed E-state index contributed by atoms with van der Waals surface area (Å²) in [6.45, 7) is 1.74. The third-order valence-electron chi connectivity index (χ3n) is 1.66. The summed E-state index contributed by atoms with van der Waals surface area (Å²) in [6.07, 6.45) is -0.434. The molecule has 2 nitrogen and oxygen atoms in total. The van der Waals surface area contributed by atoms with E-state index in [2.05, 4.69) is 22.6 Å². The molecule has 1 rings (SSSR count). The van der Waals surface area contributed by atoms with Crippen LogP contribution in [0.2, 0.25) is 0 Å². The van der Waals surface area contributed by atoms with Crippen molar-refractivity contribution < 1.29 is 9.84 Å². The second kappa shape index (κ2) is 4.09. The summed E-state index contributed by atoms with van der Waals surface area (Å²) in [5, 5.41) is 9.28. The van der Waals surface area contributed by atoms with Crippen molar-refractivity contribution in [2.24, 2.45) is 0 Å². The Hall–Kier alpha value is -0.290. The zero-order chi connectivity index (χ0) is 9.14. The fourth-order valence-electron chi connectivity index (χ4n) is 0.936. The number of aliphatic hydroxyl groups is 1. The number of rotatable bonds is 2. The summed E-state index contributed by atoms with van der Waals surface area (Å²) < 4.78 is 6.17. The van der Waals surface area contributed by atoms with Crippen molar-refractivity contribution in [3.8, 4) is 5.75 Å². The lowest BCUT2D eigenvalue weighted by molar-refractivity contribution is 0.199. The number of benzene rings is 1. The van der Waals surface area contributed by atoms with Crippen LogP contribution in [-0.4, -0.2) is 12.2 Å². The van der Waals surface area contributed by atoms with Gasteiger partial charge in [-0.2, -0.15) is 0 Å². The molecule has 0 spiro atoms. The van der Waals surface area contributed by atoms with Crippen molar-refractivity contribution in [3.05, 3.63) is 27.3 Å². The standard InChI is InChI=1S/C9H11IO2/c1-6(11)7-3-4-8(10)9(5-7)12-2/h3-6,11H,1-2H3. The van der Waals surface area contributed by atoms with Crippen molar-refractivity contribution in [2.75, 3.05) is 7.11 Å². The van der Waals surface area contributed by atoms with Gasteiger partial charge in [-0.25, -0.2) is 0 Å².